The van der Waals surface area contributed by atoms with Crippen LogP contribution in [0.15, 0.2) is 29.7 Å². The van der Waals surface area contributed by atoms with E-state index >= 15 is 0 Å². The molecule has 0 bridgehead atoms. The van der Waals surface area contributed by atoms with Gasteiger partial charge in [-0.1, -0.05) is 6.92 Å². The molecule has 0 aliphatic rings. The Morgan fingerprint density at radius 2 is 1.70 bits per heavy atom. The Bertz CT molecular complexity index is 717. The molecule has 0 unspecified atom stereocenters. The predicted molar refractivity (Wildman–Crippen MR) is 75.4 cm³/mol. The van der Waals surface area contributed by atoms with Gasteiger partial charge < -0.3 is 0 Å². The summed E-state index contributed by atoms with van der Waals surface area (Å²) in [7, 11) is -7.51. The number of hydrogen-bond donors (Lipinski definition) is 0. The summed E-state index contributed by atoms with van der Waals surface area (Å²) in [5.41, 5.74) is 0.312. The zero-order chi connectivity index (χ0) is 15.4. The molecule has 7 nitrogen and oxygen atoms in total. The van der Waals surface area contributed by atoms with Crippen LogP contribution in [-0.4, -0.2) is 32.6 Å². The van der Waals surface area contributed by atoms with Crippen molar-refractivity contribution in [2.45, 2.75) is 6.92 Å². The average Bonchev–Trinajstić information content (AvgIpc) is 2.36. The molecule has 0 atom stereocenters. The van der Waals surface area contributed by atoms with E-state index in [0.29, 0.717) is 5.56 Å². The van der Waals surface area contributed by atoms with E-state index < -0.39 is 29.7 Å². The summed E-state index contributed by atoms with van der Waals surface area (Å²) in [6, 6.07) is 5.21. The van der Waals surface area contributed by atoms with Crippen molar-refractivity contribution in [2.24, 2.45) is 0 Å². The van der Waals surface area contributed by atoms with Crippen LogP contribution < -0.4 is 0 Å². The Balaban J connectivity index is 2.89. The molecule has 9 heteroatoms. The molecule has 1 rings (SSSR count). The van der Waals surface area contributed by atoms with Crippen LogP contribution in [0.1, 0.15) is 12.5 Å². The smallest absolute Gasteiger partial charge is 0.258 e. The van der Waals surface area contributed by atoms with E-state index in [1.165, 1.54) is 37.3 Å². The number of nitrogens with zero attached hydrogens (tertiary/aromatic N) is 1. The number of nitro groups is 1. The van der Waals surface area contributed by atoms with E-state index in [0.717, 1.165) is 5.41 Å². The Hall–Kier alpha value is -1.74. The number of non-ortho nitro benzene ring substituents is 1. The standard InChI is InChI=1S/C11H13NO6S2/c1-2-19(15,16)9-20(17,18)8-7-10-3-5-11(6-4-10)12(13)14/h3-8H,2,9H2,1H3/b8-7+. The Labute approximate surface area is 116 Å². The third kappa shape index (κ3) is 5.10. The number of rotatable bonds is 6. The van der Waals surface area contributed by atoms with Crippen LogP contribution in [0.5, 0.6) is 0 Å². The van der Waals surface area contributed by atoms with Gasteiger partial charge in [-0.2, -0.15) is 0 Å². The van der Waals surface area contributed by atoms with Crippen molar-refractivity contribution in [1.82, 2.24) is 0 Å². The molecule has 0 radical (unpaired) electrons. The lowest BCUT2D eigenvalue weighted by molar-refractivity contribution is -0.384. The quantitative estimate of drug-likeness (QED) is 0.578. The van der Waals surface area contributed by atoms with Gasteiger partial charge in [0.05, 0.1) is 4.92 Å². The highest BCUT2D eigenvalue weighted by molar-refractivity contribution is 8.09. The van der Waals surface area contributed by atoms with Gasteiger partial charge in [0.2, 0.25) is 0 Å². The second-order valence-corrected chi connectivity index (χ2v) is 8.57. The van der Waals surface area contributed by atoms with Crippen molar-refractivity contribution in [1.29, 1.82) is 0 Å². The maximum Gasteiger partial charge on any atom is 0.269 e. The van der Waals surface area contributed by atoms with Crippen LogP contribution in [0.3, 0.4) is 0 Å². The summed E-state index contributed by atoms with van der Waals surface area (Å²) in [4.78, 5) is 9.87. The molecule has 0 saturated carbocycles. The van der Waals surface area contributed by atoms with Gasteiger partial charge in [-0.05, 0) is 23.8 Å². The number of hydrogen-bond acceptors (Lipinski definition) is 6. The summed E-state index contributed by atoms with van der Waals surface area (Å²) in [5, 5.41) is 10.3. The first-order chi connectivity index (χ1) is 9.15. The molecule has 110 valence electrons. The van der Waals surface area contributed by atoms with Crippen molar-refractivity contribution >= 4 is 31.4 Å². The molecule has 1 aromatic carbocycles. The summed E-state index contributed by atoms with van der Waals surface area (Å²) in [6.45, 7) is 1.37. The third-order valence-electron chi connectivity index (χ3n) is 2.36. The predicted octanol–water partition coefficient (Wildman–Crippen LogP) is 1.37. The lowest BCUT2D eigenvalue weighted by atomic mass is 10.2. The minimum Gasteiger partial charge on any atom is -0.258 e. The van der Waals surface area contributed by atoms with E-state index in [2.05, 4.69) is 0 Å². The number of nitro benzene ring substituents is 1. The Morgan fingerprint density at radius 3 is 2.15 bits per heavy atom. The number of benzene rings is 1. The van der Waals surface area contributed by atoms with Crippen molar-refractivity contribution in [2.75, 3.05) is 10.8 Å². The SMILES string of the molecule is CCS(=O)(=O)CS(=O)(=O)/C=C/c1ccc([N+](=O)[O-])cc1. The topological polar surface area (TPSA) is 111 Å². The van der Waals surface area contributed by atoms with Gasteiger partial charge in [0.1, 0.15) is 0 Å². The van der Waals surface area contributed by atoms with Crippen LogP contribution >= 0.6 is 0 Å². The highest BCUT2D eigenvalue weighted by Crippen LogP contribution is 2.13. The van der Waals surface area contributed by atoms with Crippen LogP contribution in [0.25, 0.3) is 6.08 Å². The zero-order valence-electron chi connectivity index (χ0n) is 10.6. The minimum atomic E-state index is -3.88. The lowest BCUT2D eigenvalue weighted by Gasteiger charge is -1.99. The van der Waals surface area contributed by atoms with Gasteiger partial charge in [0, 0.05) is 23.3 Å². The fraction of sp³-hybridized carbons (Fsp3) is 0.273. The molecule has 0 aromatic heterocycles. The molecule has 0 N–H and O–H groups in total. The third-order valence-corrected chi connectivity index (χ3v) is 6.54. The van der Waals surface area contributed by atoms with Crippen molar-refractivity contribution < 1.29 is 21.8 Å². The first-order valence-electron chi connectivity index (χ1n) is 5.51. The van der Waals surface area contributed by atoms with E-state index in [4.69, 9.17) is 0 Å². The van der Waals surface area contributed by atoms with Crippen molar-refractivity contribution in [3.05, 3.63) is 45.4 Å². The molecule has 0 aliphatic heterocycles. The van der Waals surface area contributed by atoms with Crippen LogP contribution in [0.4, 0.5) is 5.69 Å². The normalized spacial score (nSPS) is 12.7. The average molecular weight is 319 g/mol. The summed E-state index contributed by atoms with van der Waals surface area (Å²) in [6.07, 6.45) is 1.20. The van der Waals surface area contributed by atoms with Crippen molar-refractivity contribution in [3.63, 3.8) is 0 Å². The minimum absolute atomic E-state index is 0.112. The number of sulfone groups is 2. The van der Waals surface area contributed by atoms with Gasteiger partial charge in [-0.25, -0.2) is 16.8 Å². The maximum atomic E-state index is 11.6. The van der Waals surface area contributed by atoms with Gasteiger partial charge in [0.15, 0.2) is 24.8 Å². The monoisotopic (exact) mass is 319 g/mol. The second-order valence-electron chi connectivity index (χ2n) is 3.96. The molecule has 20 heavy (non-hydrogen) atoms. The van der Waals surface area contributed by atoms with E-state index in [9.17, 15) is 26.9 Å². The fourth-order valence-corrected chi connectivity index (χ4v) is 4.61. The Morgan fingerprint density at radius 1 is 1.15 bits per heavy atom. The summed E-state index contributed by atoms with van der Waals surface area (Å²) >= 11 is 0. The van der Waals surface area contributed by atoms with E-state index in [1.54, 1.807) is 0 Å². The van der Waals surface area contributed by atoms with Crippen LogP contribution in [0, 0.1) is 10.1 Å². The second kappa shape index (κ2) is 6.14. The van der Waals surface area contributed by atoms with E-state index in [-0.39, 0.29) is 11.4 Å². The Kier molecular flexibility index (Phi) is 5.01. The largest absolute Gasteiger partial charge is 0.269 e. The molecule has 0 aliphatic carbocycles. The molecule has 0 saturated heterocycles. The lowest BCUT2D eigenvalue weighted by Crippen LogP contribution is -2.16. The molecule has 1 aromatic rings. The van der Waals surface area contributed by atoms with Gasteiger partial charge in [-0.3, -0.25) is 10.1 Å². The van der Waals surface area contributed by atoms with Crippen molar-refractivity contribution in [3.8, 4) is 0 Å². The molecule has 0 fully saturated rings. The van der Waals surface area contributed by atoms with Crippen LogP contribution in [0.2, 0.25) is 0 Å². The summed E-state index contributed by atoms with van der Waals surface area (Å²) in [5.74, 6) is -0.252. The highest BCUT2D eigenvalue weighted by atomic mass is 32.3. The molecular formula is C11H13NO6S2. The maximum absolute atomic E-state index is 11.6. The first-order valence-corrected chi connectivity index (χ1v) is 9.04. The molecule has 0 heterocycles. The zero-order valence-corrected chi connectivity index (χ0v) is 12.2. The van der Waals surface area contributed by atoms with Gasteiger partial charge in [-0.15, -0.1) is 0 Å². The van der Waals surface area contributed by atoms with Gasteiger partial charge in [0.25, 0.3) is 5.69 Å². The van der Waals surface area contributed by atoms with E-state index in [1.807, 2.05) is 0 Å². The molecular weight excluding hydrogens is 306 g/mol. The fourth-order valence-electron chi connectivity index (χ4n) is 1.26. The van der Waals surface area contributed by atoms with Gasteiger partial charge >= 0.3 is 0 Å². The molecule has 0 spiro atoms. The van der Waals surface area contributed by atoms with Crippen LogP contribution in [-0.2, 0) is 19.7 Å². The highest BCUT2D eigenvalue weighted by Gasteiger charge is 2.17. The first kappa shape index (κ1) is 16.3. The molecule has 0 amide bonds. The summed E-state index contributed by atoms with van der Waals surface area (Å²) < 4.78 is 45.7.